The van der Waals surface area contributed by atoms with Crippen LogP contribution in [-0.4, -0.2) is 0 Å². The summed E-state index contributed by atoms with van der Waals surface area (Å²) in [5.41, 5.74) is 0. The van der Waals surface area contributed by atoms with Crippen LogP contribution in [0.5, 0.6) is 0 Å². The van der Waals surface area contributed by atoms with Crippen LogP contribution in [0.4, 0.5) is 0 Å². The molecule has 0 saturated carbocycles. The standard InChI is InChI=1S/C12H26.2C3H8/c1-5-9-11(7-3)12(8-4)10-6-2;2*1-3-2/h11-12H,5-10H2,1-4H3;2*3H2,1-2H3. The summed E-state index contributed by atoms with van der Waals surface area (Å²) in [5.74, 6) is 2.00. The van der Waals surface area contributed by atoms with Crippen LogP contribution in [0.15, 0.2) is 0 Å². The molecule has 0 aliphatic carbocycles. The zero-order valence-electron chi connectivity index (χ0n) is 14.8. The SMILES string of the molecule is CCC.CCC.CCCC(CC)C(CC)CCC. The molecule has 0 spiro atoms. The Bertz CT molecular complexity index is 92.6. The Hall–Kier alpha value is 0. The molecule has 0 aromatic carbocycles. The van der Waals surface area contributed by atoms with Crippen LogP contribution < -0.4 is 0 Å². The molecule has 0 radical (unpaired) electrons. The van der Waals surface area contributed by atoms with Gasteiger partial charge in [-0.3, -0.25) is 0 Å². The van der Waals surface area contributed by atoms with Crippen molar-refractivity contribution >= 4 is 0 Å². The summed E-state index contributed by atoms with van der Waals surface area (Å²) in [6, 6.07) is 0. The average molecular weight is 259 g/mol. The largest absolute Gasteiger partial charge is 0.0656 e. The second-order valence-corrected chi connectivity index (χ2v) is 5.33. The molecule has 0 aromatic heterocycles. The van der Waals surface area contributed by atoms with Crippen molar-refractivity contribution in [2.75, 3.05) is 0 Å². The molecule has 0 rings (SSSR count). The molecule has 0 heteroatoms. The van der Waals surface area contributed by atoms with E-state index in [1.807, 2.05) is 0 Å². The summed E-state index contributed by atoms with van der Waals surface area (Å²) in [6.07, 6.45) is 10.9. The summed E-state index contributed by atoms with van der Waals surface area (Å²) in [5, 5.41) is 0. The molecular formula is C18H42. The van der Waals surface area contributed by atoms with Gasteiger partial charge in [0.2, 0.25) is 0 Å². The molecule has 114 valence electrons. The van der Waals surface area contributed by atoms with E-state index in [0.717, 1.165) is 11.8 Å². The fourth-order valence-corrected chi connectivity index (χ4v) is 2.29. The second-order valence-electron chi connectivity index (χ2n) is 5.33. The van der Waals surface area contributed by atoms with E-state index in [9.17, 15) is 0 Å². The second kappa shape index (κ2) is 22.2. The minimum absolute atomic E-state index is 1.000. The fraction of sp³-hybridized carbons (Fsp3) is 1.00. The van der Waals surface area contributed by atoms with Crippen LogP contribution in [0.3, 0.4) is 0 Å². The first kappa shape index (κ1) is 23.1. The minimum atomic E-state index is 1.000. The normalized spacial score (nSPS) is 12.7. The lowest BCUT2D eigenvalue weighted by Crippen LogP contribution is -2.13. The smallest absolute Gasteiger partial charge is 0.0389 e. The van der Waals surface area contributed by atoms with Gasteiger partial charge in [0.15, 0.2) is 0 Å². The highest BCUT2D eigenvalue weighted by Gasteiger charge is 2.15. The summed E-state index contributed by atoms with van der Waals surface area (Å²) >= 11 is 0. The van der Waals surface area contributed by atoms with E-state index in [4.69, 9.17) is 0 Å². The Balaban J connectivity index is -0.000000315. The molecule has 2 atom stereocenters. The topological polar surface area (TPSA) is 0 Å². The van der Waals surface area contributed by atoms with Crippen LogP contribution in [0, 0.1) is 11.8 Å². The molecular weight excluding hydrogens is 216 g/mol. The van der Waals surface area contributed by atoms with Crippen LogP contribution >= 0.6 is 0 Å². The van der Waals surface area contributed by atoms with Gasteiger partial charge in [0, 0.05) is 0 Å². The van der Waals surface area contributed by atoms with Gasteiger partial charge >= 0.3 is 0 Å². The van der Waals surface area contributed by atoms with E-state index < -0.39 is 0 Å². The molecule has 0 heterocycles. The van der Waals surface area contributed by atoms with E-state index in [1.165, 1.54) is 51.4 Å². The van der Waals surface area contributed by atoms with Gasteiger partial charge in [-0.05, 0) is 11.8 Å². The predicted octanol–water partition coefficient (Wildman–Crippen LogP) is 7.47. The highest BCUT2D eigenvalue weighted by Crippen LogP contribution is 2.27. The molecule has 18 heavy (non-hydrogen) atoms. The van der Waals surface area contributed by atoms with Crippen molar-refractivity contribution in [3.8, 4) is 0 Å². The van der Waals surface area contributed by atoms with Crippen molar-refractivity contribution in [2.45, 2.75) is 107 Å². The predicted molar refractivity (Wildman–Crippen MR) is 89.3 cm³/mol. The third kappa shape index (κ3) is 18.4. The Kier molecular flexibility index (Phi) is 28.5. The van der Waals surface area contributed by atoms with Crippen LogP contribution in [0.1, 0.15) is 107 Å². The number of rotatable bonds is 7. The molecule has 0 saturated heterocycles. The summed E-state index contributed by atoms with van der Waals surface area (Å²) < 4.78 is 0. The monoisotopic (exact) mass is 258 g/mol. The van der Waals surface area contributed by atoms with Crippen molar-refractivity contribution in [3.05, 3.63) is 0 Å². The maximum atomic E-state index is 2.35. The third-order valence-corrected chi connectivity index (χ3v) is 3.03. The first-order valence-electron chi connectivity index (χ1n) is 8.62. The molecule has 0 bridgehead atoms. The van der Waals surface area contributed by atoms with Gasteiger partial charge in [0.1, 0.15) is 0 Å². The Labute approximate surface area is 119 Å². The van der Waals surface area contributed by atoms with Crippen LogP contribution in [0.2, 0.25) is 0 Å². The molecule has 0 fully saturated rings. The van der Waals surface area contributed by atoms with E-state index >= 15 is 0 Å². The zero-order chi connectivity index (χ0) is 14.8. The van der Waals surface area contributed by atoms with Crippen molar-refractivity contribution in [1.82, 2.24) is 0 Å². The first-order valence-corrected chi connectivity index (χ1v) is 8.62. The average Bonchev–Trinajstić information content (AvgIpc) is 2.35. The van der Waals surface area contributed by atoms with Crippen molar-refractivity contribution < 1.29 is 0 Å². The van der Waals surface area contributed by atoms with Gasteiger partial charge in [-0.15, -0.1) is 0 Å². The third-order valence-electron chi connectivity index (χ3n) is 3.03. The van der Waals surface area contributed by atoms with Gasteiger partial charge in [-0.2, -0.15) is 0 Å². The quantitative estimate of drug-likeness (QED) is 0.444. The summed E-state index contributed by atoms with van der Waals surface area (Å²) in [4.78, 5) is 0. The molecule has 0 aromatic rings. The molecule has 0 aliphatic rings. The lowest BCUT2D eigenvalue weighted by atomic mass is 9.82. The van der Waals surface area contributed by atoms with E-state index in [2.05, 4.69) is 55.4 Å². The lowest BCUT2D eigenvalue weighted by molar-refractivity contribution is 0.274. The Morgan fingerprint density at radius 1 is 0.500 bits per heavy atom. The maximum Gasteiger partial charge on any atom is -0.0389 e. The van der Waals surface area contributed by atoms with Crippen LogP contribution in [-0.2, 0) is 0 Å². The molecule has 0 amide bonds. The van der Waals surface area contributed by atoms with E-state index in [-0.39, 0.29) is 0 Å². The summed E-state index contributed by atoms with van der Waals surface area (Å²) in [7, 11) is 0. The van der Waals surface area contributed by atoms with Gasteiger partial charge in [0.25, 0.3) is 0 Å². The Morgan fingerprint density at radius 3 is 0.833 bits per heavy atom. The molecule has 2 unspecified atom stereocenters. The van der Waals surface area contributed by atoms with Gasteiger partial charge in [-0.1, -0.05) is 107 Å². The Morgan fingerprint density at radius 2 is 0.722 bits per heavy atom. The highest BCUT2D eigenvalue weighted by atomic mass is 14.2. The molecule has 0 aliphatic heterocycles. The maximum absolute atomic E-state index is 2.35. The van der Waals surface area contributed by atoms with Gasteiger partial charge < -0.3 is 0 Å². The van der Waals surface area contributed by atoms with Crippen molar-refractivity contribution in [2.24, 2.45) is 11.8 Å². The fourth-order valence-electron chi connectivity index (χ4n) is 2.29. The highest BCUT2D eigenvalue weighted by molar-refractivity contribution is 4.67. The van der Waals surface area contributed by atoms with Crippen molar-refractivity contribution in [3.63, 3.8) is 0 Å². The zero-order valence-corrected chi connectivity index (χ0v) is 14.8. The van der Waals surface area contributed by atoms with Crippen molar-refractivity contribution in [1.29, 1.82) is 0 Å². The number of hydrogen-bond donors (Lipinski definition) is 0. The van der Waals surface area contributed by atoms with Gasteiger partial charge in [0.05, 0.1) is 0 Å². The van der Waals surface area contributed by atoms with Gasteiger partial charge in [-0.25, -0.2) is 0 Å². The van der Waals surface area contributed by atoms with Crippen LogP contribution in [0.25, 0.3) is 0 Å². The minimum Gasteiger partial charge on any atom is -0.0656 e. The van der Waals surface area contributed by atoms with E-state index in [1.54, 1.807) is 0 Å². The van der Waals surface area contributed by atoms with E-state index in [0.29, 0.717) is 0 Å². The first-order chi connectivity index (χ1) is 8.62. The molecule has 0 N–H and O–H groups in total. The lowest BCUT2D eigenvalue weighted by Gasteiger charge is -2.24. The molecule has 0 nitrogen and oxygen atoms in total. The summed E-state index contributed by atoms with van der Waals surface area (Å²) in [6.45, 7) is 17.8. The number of hydrogen-bond acceptors (Lipinski definition) is 0.